The Hall–Kier alpha value is -0.320. The minimum absolute atomic E-state index is 0.380. The number of hydrogen-bond donors (Lipinski definition) is 2. The fourth-order valence-corrected chi connectivity index (χ4v) is 3.70. The Morgan fingerprint density at radius 3 is 2.19 bits per heavy atom. The fraction of sp³-hybridized carbons (Fsp3) is 0.714. The first-order valence-corrected chi connectivity index (χ1v) is 10.7. The molecule has 0 aliphatic carbocycles. The van der Waals surface area contributed by atoms with Crippen molar-refractivity contribution in [2.45, 2.75) is 64.9 Å². The van der Waals surface area contributed by atoms with Crippen LogP contribution in [0.1, 0.15) is 57.9 Å². The molecule has 1 fully saturated rings. The summed E-state index contributed by atoms with van der Waals surface area (Å²) in [5.41, 5.74) is 0.638. The molecule has 1 aliphatic heterocycles. The topological polar surface area (TPSA) is 35.5 Å². The number of piperidine rings is 1. The third kappa shape index (κ3) is 9.05. The largest absolute Gasteiger partial charge is 0.390 e. The minimum atomic E-state index is -0.380. The molecule has 1 aromatic carbocycles. The molecule has 5 heteroatoms. The van der Waals surface area contributed by atoms with Gasteiger partial charge in [-0.1, -0.05) is 49.2 Å². The van der Waals surface area contributed by atoms with Gasteiger partial charge >= 0.3 is 0 Å². The van der Waals surface area contributed by atoms with E-state index in [4.69, 9.17) is 23.2 Å². The van der Waals surface area contributed by atoms with Crippen LogP contribution in [-0.4, -0.2) is 48.3 Å². The van der Waals surface area contributed by atoms with Crippen LogP contribution >= 0.6 is 23.2 Å². The van der Waals surface area contributed by atoms with Crippen molar-refractivity contribution in [3.63, 3.8) is 0 Å². The summed E-state index contributed by atoms with van der Waals surface area (Å²) < 4.78 is 0. The molecule has 26 heavy (non-hydrogen) atoms. The number of benzene rings is 1. The Kier molecular flexibility index (Phi) is 11.8. The van der Waals surface area contributed by atoms with Crippen LogP contribution in [0.5, 0.6) is 0 Å². The van der Waals surface area contributed by atoms with Crippen molar-refractivity contribution in [2.24, 2.45) is 0 Å². The zero-order valence-corrected chi connectivity index (χ0v) is 18.2. The maximum absolute atomic E-state index is 10.4. The summed E-state index contributed by atoms with van der Waals surface area (Å²) in [6, 6.07) is 5.58. The summed E-state index contributed by atoms with van der Waals surface area (Å²) in [5.74, 6) is 0. The van der Waals surface area contributed by atoms with E-state index in [-0.39, 0.29) is 5.60 Å². The number of aliphatic hydroxyl groups is 1. The molecule has 150 valence electrons. The van der Waals surface area contributed by atoms with Crippen molar-refractivity contribution in [1.29, 1.82) is 0 Å². The molecule has 1 saturated heterocycles. The standard InChI is InChI=1S/C14H30N2O.C7H6Cl2/c1-3-11-16(12-4-2)13-5-6-14(17)7-9-15-10-8-14;1-5-3-2-4-6(8)7(5)9/h15,17H,3-13H2,1-2H3;2-4H,1H3. The first-order valence-electron chi connectivity index (χ1n) is 9.98. The van der Waals surface area contributed by atoms with Crippen LogP contribution in [0.4, 0.5) is 0 Å². The highest BCUT2D eigenvalue weighted by Gasteiger charge is 2.28. The van der Waals surface area contributed by atoms with Gasteiger partial charge in [-0.2, -0.15) is 0 Å². The lowest BCUT2D eigenvalue weighted by Gasteiger charge is -2.33. The molecule has 1 heterocycles. The van der Waals surface area contributed by atoms with Crippen LogP contribution in [0.2, 0.25) is 10.0 Å². The van der Waals surface area contributed by atoms with Gasteiger partial charge in [0.05, 0.1) is 15.6 Å². The second kappa shape index (κ2) is 13.0. The van der Waals surface area contributed by atoms with E-state index in [1.54, 1.807) is 6.07 Å². The van der Waals surface area contributed by atoms with Crippen molar-refractivity contribution in [1.82, 2.24) is 10.2 Å². The molecular weight excluding hydrogens is 367 g/mol. The predicted molar refractivity (Wildman–Crippen MR) is 115 cm³/mol. The normalized spacial score (nSPS) is 16.3. The summed E-state index contributed by atoms with van der Waals surface area (Å²) in [7, 11) is 0. The third-order valence-corrected chi connectivity index (χ3v) is 5.79. The monoisotopic (exact) mass is 402 g/mol. The number of nitrogens with zero attached hydrogens (tertiary/aromatic N) is 1. The van der Waals surface area contributed by atoms with Gasteiger partial charge < -0.3 is 15.3 Å². The van der Waals surface area contributed by atoms with Crippen molar-refractivity contribution in [2.75, 3.05) is 32.7 Å². The molecule has 2 rings (SSSR count). The number of halogens is 2. The molecule has 3 nitrogen and oxygen atoms in total. The third-order valence-electron chi connectivity index (χ3n) is 4.88. The highest BCUT2D eigenvalue weighted by atomic mass is 35.5. The molecule has 0 radical (unpaired) electrons. The summed E-state index contributed by atoms with van der Waals surface area (Å²) >= 11 is 11.4. The van der Waals surface area contributed by atoms with Crippen LogP contribution in [0.3, 0.4) is 0 Å². The Morgan fingerprint density at radius 1 is 1.08 bits per heavy atom. The molecule has 0 unspecified atom stereocenters. The number of aryl methyl sites for hydroxylation is 1. The minimum Gasteiger partial charge on any atom is -0.390 e. The van der Waals surface area contributed by atoms with E-state index in [0.717, 1.165) is 50.9 Å². The van der Waals surface area contributed by atoms with Gasteiger partial charge in [-0.15, -0.1) is 0 Å². The van der Waals surface area contributed by atoms with Gasteiger partial charge in [-0.25, -0.2) is 0 Å². The molecule has 2 N–H and O–H groups in total. The molecule has 1 aliphatic rings. The van der Waals surface area contributed by atoms with E-state index in [0.29, 0.717) is 10.0 Å². The summed E-state index contributed by atoms with van der Waals surface area (Å²) in [6.07, 6.45) is 6.42. The van der Waals surface area contributed by atoms with E-state index in [9.17, 15) is 5.11 Å². The molecule has 1 aromatic rings. The van der Waals surface area contributed by atoms with Crippen LogP contribution in [0, 0.1) is 6.92 Å². The van der Waals surface area contributed by atoms with Gasteiger partial charge in [0.2, 0.25) is 0 Å². The lowest BCUT2D eigenvalue weighted by Crippen LogP contribution is -2.42. The van der Waals surface area contributed by atoms with E-state index in [1.165, 1.54) is 25.9 Å². The highest BCUT2D eigenvalue weighted by molar-refractivity contribution is 6.42. The Morgan fingerprint density at radius 2 is 1.69 bits per heavy atom. The van der Waals surface area contributed by atoms with Crippen molar-refractivity contribution < 1.29 is 5.11 Å². The van der Waals surface area contributed by atoms with Gasteiger partial charge in [-0.05, 0) is 89.8 Å². The molecular formula is C21H36Cl2N2O. The molecule has 0 amide bonds. The first kappa shape index (κ1) is 23.7. The Bertz CT molecular complexity index is 479. The van der Waals surface area contributed by atoms with E-state index in [2.05, 4.69) is 24.1 Å². The van der Waals surface area contributed by atoms with Crippen LogP contribution < -0.4 is 5.32 Å². The second-order valence-corrected chi connectivity index (χ2v) is 8.08. The molecule has 0 spiro atoms. The second-order valence-electron chi connectivity index (χ2n) is 7.29. The van der Waals surface area contributed by atoms with Crippen molar-refractivity contribution in [3.8, 4) is 0 Å². The predicted octanol–water partition coefficient (Wildman–Crippen LogP) is 5.30. The van der Waals surface area contributed by atoms with Gasteiger partial charge in [0.25, 0.3) is 0 Å². The Labute approximate surface area is 170 Å². The van der Waals surface area contributed by atoms with Gasteiger partial charge in [0, 0.05) is 0 Å². The lowest BCUT2D eigenvalue weighted by molar-refractivity contribution is -0.00125. The first-order chi connectivity index (χ1) is 12.4. The average Bonchev–Trinajstić information content (AvgIpc) is 2.61. The van der Waals surface area contributed by atoms with Gasteiger partial charge in [0.1, 0.15) is 0 Å². The van der Waals surface area contributed by atoms with E-state index >= 15 is 0 Å². The maximum Gasteiger partial charge on any atom is 0.0672 e. The zero-order chi connectivity index (χ0) is 19.4. The number of hydrogen-bond acceptors (Lipinski definition) is 3. The summed E-state index contributed by atoms with van der Waals surface area (Å²) in [6.45, 7) is 11.9. The summed E-state index contributed by atoms with van der Waals surface area (Å²) in [5, 5.41) is 15.0. The fourth-order valence-electron chi connectivity index (χ4n) is 3.35. The Balaban J connectivity index is 0.000000314. The maximum atomic E-state index is 10.4. The lowest BCUT2D eigenvalue weighted by atomic mass is 9.88. The van der Waals surface area contributed by atoms with Crippen molar-refractivity contribution in [3.05, 3.63) is 33.8 Å². The van der Waals surface area contributed by atoms with Gasteiger partial charge in [-0.3, -0.25) is 0 Å². The van der Waals surface area contributed by atoms with Crippen LogP contribution in [-0.2, 0) is 0 Å². The van der Waals surface area contributed by atoms with Crippen LogP contribution in [0.15, 0.2) is 18.2 Å². The molecule has 0 aromatic heterocycles. The van der Waals surface area contributed by atoms with E-state index in [1.807, 2.05) is 19.1 Å². The SMILES string of the molecule is CCCN(CCC)CCCC1(O)CCNCC1.Cc1cccc(Cl)c1Cl. The molecule has 0 bridgehead atoms. The van der Waals surface area contributed by atoms with E-state index < -0.39 is 0 Å². The summed E-state index contributed by atoms with van der Waals surface area (Å²) in [4.78, 5) is 2.53. The van der Waals surface area contributed by atoms with Gasteiger partial charge in [0.15, 0.2) is 0 Å². The average molecular weight is 403 g/mol. The quantitative estimate of drug-likeness (QED) is 0.618. The smallest absolute Gasteiger partial charge is 0.0672 e. The zero-order valence-electron chi connectivity index (χ0n) is 16.7. The van der Waals surface area contributed by atoms with Crippen LogP contribution in [0.25, 0.3) is 0 Å². The molecule has 0 atom stereocenters. The highest BCUT2D eigenvalue weighted by Crippen LogP contribution is 2.24. The van der Waals surface area contributed by atoms with Crippen molar-refractivity contribution >= 4 is 23.2 Å². The molecule has 0 saturated carbocycles. The number of nitrogens with one attached hydrogen (secondary N) is 1. The number of rotatable bonds is 8.